The van der Waals surface area contributed by atoms with E-state index < -0.39 is 0 Å². The number of piperazine rings is 1. The summed E-state index contributed by atoms with van der Waals surface area (Å²) in [6, 6.07) is 28.3. The monoisotopic (exact) mass is 484 g/mol. The van der Waals surface area contributed by atoms with Crippen molar-refractivity contribution < 1.29 is 4.74 Å². The summed E-state index contributed by atoms with van der Waals surface area (Å²) in [5, 5.41) is 3.82. The van der Waals surface area contributed by atoms with E-state index in [9.17, 15) is 0 Å². The molecule has 190 valence electrons. The molecule has 2 aliphatic rings. The fraction of sp³-hybridized carbons (Fsp3) is 0.419. The van der Waals surface area contributed by atoms with Crippen LogP contribution in [0.2, 0.25) is 0 Å². The molecule has 36 heavy (non-hydrogen) atoms. The standard InChI is InChI=1S/C31H40N4O/c1-26-30(13-8-14-31(26)36-25-28-11-6-3-7-12-28)35-21-19-33(20-22-35)18-16-32-29-15-17-34(24-29)23-27-9-4-2-5-10-27/h2-14,29,32H,15-25H2,1H3. The highest BCUT2D eigenvalue weighted by molar-refractivity contribution is 5.59. The molecule has 0 radical (unpaired) electrons. The smallest absolute Gasteiger partial charge is 0.124 e. The number of anilines is 1. The number of likely N-dealkylation sites (tertiary alicyclic amines) is 1. The average Bonchev–Trinajstić information content (AvgIpc) is 3.37. The van der Waals surface area contributed by atoms with Gasteiger partial charge in [0.05, 0.1) is 0 Å². The Morgan fingerprint density at radius 1 is 0.778 bits per heavy atom. The van der Waals surface area contributed by atoms with E-state index in [2.05, 4.69) is 99.7 Å². The van der Waals surface area contributed by atoms with Crippen molar-refractivity contribution in [3.8, 4) is 5.75 Å². The van der Waals surface area contributed by atoms with Crippen molar-refractivity contribution in [1.29, 1.82) is 0 Å². The van der Waals surface area contributed by atoms with Gasteiger partial charge in [0.15, 0.2) is 0 Å². The van der Waals surface area contributed by atoms with Crippen LogP contribution in [0.25, 0.3) is 0 Å². The van der Waals surface area contributed by atoms with Crippen LogP contribution in [0.15, 0.2) is 78.9 Å². The average molecular weight is 485 g/mol. The van der Waals surface area contributed by atoms with Crippen LogP contribution in [0.3, 0.4) is 0 Å². The van der Waals surface area contributed by atoms with E-state index in [0.29, 0.717) is 12.6 Å². The molecule has 0 bridgehead atoms. The minimum absolute atomic E-state index is 0.608. The second kappa shape index (κ2) is 12.4. The zero-order valence-electron chi connectivity index (χ0n) is 21.6. The van der Waals surface area contributed by atoms with Gasteiger partial charge in [-0.15, -0.1) is 0 Å². The summed E-state index contributed by atoms with van der Waals surface area (Å²) < 4.78 is 6.17. The molecule has 0 spiro atoms. The van der Waals surface area contributed by atoms with Gasteiger partial charge in [0.25, 0.3) is 0 Å². The first kappa shape index (κ1) is 24.8. The van der Waals surface area contributed by atoms with Gasteiger partial charge in [0.2, 0.25) is 0 Å². The molecule has 2 aliphatic heterocycles. The number of hydrogen-bond acceptors (Lipinski definition) is 5. The molecule has 3 aromatic rings. The Bertz CT molecular complexity index is 1070. The third kappa shape index (κ3) is 6.67. The predicted molar refractivity (Wildman–Crippen MR) is 149 cm³/mol. The van der Waals surface area contributed by atoms with E-state index in [4.69, 9.17) is 4.74 Å². The first-order chi connectivity index (χ1) is 17.7. The molecule has 1 unspecified atom stereocenters. The number of ether oxygens (including phenoxy) is 1. The lowest BCUT2D eigenvalue weighted by molar-refractivity contribution is 0.252. The fourth-order valence-electron chi connectivity index (χ4n) is 5.46. The largest absolute Gasteiger partial charge is 0.489 e. The van der Waals surface area contributed by atoms with Crippen LogP contribution in [-0.4, -0.2) is 68.2 Å². The zero-order chi connectivity index (χ0) is 24.6. The van der Waals surface area contributed by atoms with Gasteiger partial charge in [0, 0.05) is 76.2 Å². The Kier molecular flexibility index (Phi) is 8.55. The third-order valence-electron chi connectivity index (χ3n) is 7.59. The lowest BCUT2D eigenvalue weighted by Gasteiger charge is -2.37. The molecule has 1 atom stereocenters. The van der Waals surface area contributed by atoms with Gasteiger partial charge < -0.3 is 15.0 Å². The van der Waals surface area contributed by atoms with Crippen LogP contribution in [0.1, 0.15) is 23.1 Å². The Hall–Kier alpha value is -2.86. The molecule has 3 aromatic carbocycles. The Morgan fingerprint density at radius 3 is 2.25 bits per heavy atom. The number of hydrogen-bond donors (Lipinski definition) is 1. The first-order valence-corrected chi connectivity index (χ1v) is 13.5. The Morgan fingerprint density at radius 2 is 1.50 bits per heavy atom. The summed E-state index contributed by atoms with van der Waals surface area (Å²) in [6.07, 6.45) is 1.25. The van der Waals surface area contributed by atoms with E-state index in [1.54, 1.807) is 0 Å². The normalized spacial score (nSPS) is 19.0. The maximum Gasteiger partial charge on any atom is 0.124 e. The second-order valence-corrected chi connectivity index (χ2v) is 10.2. The molecule has 1 N–H and O–H groups in total. The van der Waals surface area contributed by atoms with Gasteiger partial charge in [-0.3, -0.25) is 9.80 Å². The molecule has 0 saturated carbocycles. The van der Waals surface area contributed by atoms with Gasteiger partial charge in [-0.25, -0.2) is 0 Å². The summed E-state index contributed by atoms with van der Waals surface area (Å²) in [5.41, 5.74) is 5.17. The molecule has 5 nitrogen and oxygen atoms in total. The summed E-state index contributed by atoms with van der Waals surface area (Å²) in [6.45, 7) is 12.8. The highest BCUT2D eigenvalue weighted by Crippen LogP contribution is 2.30. The summed E-state index contributed by atoms with van der Waals surface area (Å²) in [7, 11) is 0. The SMILES string of the molecule is Cc1c(OCc2ccccc2)cccc1N1CCN(CCNC2CCN(Cc3ccccc3)C2)CC1. The van der Waals surface area contributed by atoms with Gasteiger partial charge in [-0.2, -0.15) is 0 Å². The maximum atomic E-state index is 6.17. The molecular formula is C31H40N4O. The van der Waals surface area contributed by atoms with Crippen LogP contribution in [-0.2, 0) is 13.2 Å². The van der Waals surface area contributed by atoms with Gasteiger partial charge in [-0.05, 0) is 36.6 Å². The van der Waals surface area contributed by atoms with Gasteiger partial charge in [-0.1, -0.05) is 66.7 Å². The Balaban J connectivity index is 1.03. The van der Waals surface area contributed by atoms with Crippen molar-refractivity contribution in [3.63, 3.8) is 0 Å². The van der Waals surface area contributed by atoms with E-state index in [1.807, 2.05) is 6.07 Å². The van der Waals surface area contributed by atoms with Crippen molar-refractivity contribution in [2.75, 3.05) is 57.3 Å². The van der Waals surface area contributed by atoms with E-state index in [0.717, 1.165) is 58.1 Å². The minimum atomic E-state index is 0.608. The molecule has 0 aromatic heterocycles. The second-order valence-electron chi connectivity index (χ2n) is 10.2. The summed E-state index contributed by atoms with van der Waals surface area (Å²) in [4.78, 5) is 7.70. The van der Waals surface area contributed by atoms with Crippen molar-refractivity contribution in [2.24, 2.45) is 0 Å². The Labute approximate surface area is 216 Å². The van der Waals surface area contributed by atoms with Crippen LogP contribution >= 0.6 is 0 Å². The highest BCUT2D eigenvalue weighted by atomic mass is 16.5. The zero-order valence-corrected chi connectivity index (χ0v) is 21.6. The molecule has 5 rings (SSSR count). The van der Waals surface area contributed by atoms with Crippen LogP contribution in [0, 0.1) is 6.92 Å². The minimum Gasteiger partial charge on any atom is -0.489 e. The summed E-state index contributed by atoms with van der Waals surface area (Å²) >= 11 is 0. The number of benzene rings is 3. The quantitative estimate of drug-likeness (QED) is 0.456. The molecule has 0 amide bonds. The van der Waals surface area contributed by atoms with Crippen LogP contribution < -0.4 is 15.0 Å². The van der Waals surface area contributed by atoms with Gasteiger partial charge in [0.1, 0.15) is 12.4 Å². The first-order valence-electron chi connectivity index (χ1n) is 13.5. The third-order valence-corrected chi connectivity index (χ3v) is 7.59. The predicted octanol–water partition coefficient (Wildman–Crippen LogP) is 4.56. The maximum absolute atomic E-state index is 6.17. The van der Waals surface area contributed by atoms with E-state index >= 15 is 0 Å². The molecule has 0 aliphatic carbocycles. The number of rotatable bonds is 10. The fourth-order valence-corrected chi connectivity index (χ4v) is 5.46. The van der Waals surface area contributed by atoms with Crippen molar-refractivity contribution in [3.05, 3.63) is 95.6 Å². The van der Waals surface area contributed by atoms with Crippen LogP contribution in [0.4, 0.5) is 5.69 Å². The highest BCUT2D eigenvalue weighted by Gasteiger charge is 2.23. The lowest BCUT2D eigenvalue weighted by atomic mass is 10.1. The van der Waals surface area contributed by atoms with Gasteiger partial charge >= 0.3 is 0 Å². The van der Waals surface area contributed by atoms with Crippen molar-refractivity contribution in [1.82, 2.24) is 15.1 Å². The molecule has 2 fully saturated rings. The molecule has 5 heteroatoms. The van der Waals surface area contributed by atoms with Crippen molar-refractivity contribution >= 4 is 5.69 Å². The number of nitrogens with zero attached hydrogens (tertiary/aromatic N) is 3. The lowest BCUT2D eigenvalue weighted by Crippen LogP contribution is -2.49. The summed E-state index contributed by atoms with van der Waals surface area (Å²) in [5.74, 6) is 0.987. The number of nitrogens with one attached hydrogen (secondary N) is 1. The topological polar surface area (TPSA) is 31.0 Å². The van der Waals surface area contributed by atoms with E-state index in [1.165, 1.54) is 35.3 Å². The van der Waals surface area contributed by atoms with Crippen LogP contribution in [0.5, 0.6) is 5.75 Å². The van der Waals surface area contributed by atoms with E-state index in [-0.39, 0.29) is 0 Å². The molecule has 2 heterocycles. The van der Waals surface area contributed by atoms with Crippen molar-refractivity contribution in [2.45, 2.75) is 32.5 Å². The molecular weight excluding hydrogens is 444 g/mol. The molecule has 2 saturated heterocycles.